The maximum absolute atomic E-state index is 12.0. The van der Waals surface area contributed by atoms with Gasteiger partial charge in [0.2, 0.25) is 0 Å². The van der Waals surface area contributed by atoms with E-state index < -0.39 is 30.8 Å². The number of halogens is 2. The molecule has 1 atom stereocenters. The van der Waals surface area contributed by atoms with Gasteiger partial charge in [-0.25, -0.2) is 16.8 Å². The normalized spacial score (nSPS) is 13.7. The topological polar surface area (TPSA) is 97.4 Å². The van der Waals surface area contributed by atoms with Crippen molar-refractivity contribution >= 4 is 47.1 Å². The van der Waals surface area contributed by atoms with E-state index in [4.69, 9.17) is 22.3 Å². The number of amides is 1. The third-order valence-corrected chi connectivity index (χ3v) is 5.00. The van der Waals surface area contributed by atoms with Crippen LogP contribution in [0.5, 0.6) is 0 Å². The van der Waals surface area contributed by atoms with Crippen molar-refractivity contribution in [3.05, 3.63) is 28.8 Å². The van der Waals surface area contributed by atoms with E-state index in [1.807, 2.05) is 0 Å². The lowest BCUT2D eigenvalue weighted by atomic mass is 10.2. The molecule has 0 fully saturated rings. The van der Waals surface area contributed by atoms with Crippen LogP contribution in [0.3, 0.4) is 0 Å². The molecule has 10 heteroatoms. The van der Waals surface area contributed by atoms with Crippen molar-refractivity contribution in [2.24, 2.45) is 0 Å². The van der Waals surface area contributed by atoms with Gasteiger partial charge < -0.3 is 5.32 Å². The maximum Gasteiger partial charge on any atom is 0.261 e. The van der Waals surface area contributed by atoms with Gasteiger partial charge in [0.05, 0.1) is 10.6 Å². The molecule has 118 valence electrons. The quantitative estimate of drug-likeness (QED) is 0.787. The molecule has 0 aliphatic carbocycles. The second-order valence-corrected chi connectivity index (χ2v) is 9.77. The van der Waals surface area contributed by atoms with Crippen molar-refractivity contribution in [3.63, 3.8) is 0 Å². The molecule has 1 N–H and O–H groups in total. The number of hydrogen-bond acceptors (Lipinski definition) is 5. The number of carbonyl (C=O) groups is 1. The highest BCUT2D eigenvalue weighted by Gasteiger charge is 2.18. The summed E-state index contributed by atoms with van der Waals surface area (Å²) >= 11 is 5.74. The van der Waals surface area contributed by atoms with E-state index >= 15 is 0 Å². The Hall–Kier alpha value is -0.830. The highest BCUT2D eigenvalue weighted by atomic mass is 35.7. The minimum absolute atomic E-state index is 0.0256. The molecule has 0 aromatic heterocycles. The Kier molecular flexibility index (Phi) is 5.65. The SMILES string of the molecule is CC(CS(C)(=O)=O)NC(=O)c1cc(Cl)cc(S(=O)(=O)Cl)c1. The van der Waals surface area contributed by atoms with E-state index in [9.17, 15) is 21.6 Å². The highest BCUT2D eigenvalue weighted by molar-refractivity contribution is 8.13. The average Bonchev–Trinajstić information content (AvgIpc) is 2.23. The summed E-state index contributed by atoms with van der Waals surface area (Å²) in [5.41, 5.74) is -0.0259. The van der Waals surface area contributed by atoms with Crippen LogP contribution in [0, 0.1) is 0 Å². The van der Waals surface area contributed by atoms with Gasteiger partial charge in [-0.15, -0.1) is 0 Å². The van der Waals surface area contributed by atoms with Gasteiger partial charge in [-0.1, -0.05) is 11.6 Å². The summed E-state index contributed by atoms with van der Waals surface area (Å²) in [5.74, 6) is -0.879. The van der Waals surface area contributed by atoms with Crippen LogP contribution in [0.2, 0.25) is 5.02 Å². The molecule has 1 amide bonds. The van der Waals surface area contributed by atoms with Gasteiger partial charge in [-0.3, -0.25) is 4.79 Å². The Balaban J connectivity index is 3.01. The van der Waals surface area contributed by atoms with Gasteiger partial charge in [-0.2, -0.15) is 0 Å². The lowest BCUT2D eigenvalue weighted by Gasteiger charge is -2.13. The fraction of sp³-hybridized carbons (Fsp3) is 0.364. The van der Waals surface area contributed by atoms with E-state index in [0.717, 1.165) is 18.4 Å². The lowest BCUT2D eigenvalue weighted by molar-refractivity contribution is 0.0943. The third-order valence-electron chi connectivity index (χ3n) is 2.35. The first kappa shape index (κ1) is 18.2. The average molecular weight is 374 g/mol. The zero-order chi connectivity index (χ0) is 16.4. The van der Waals surface area contributed by atoms with Crippen LogP contribution in [0.15, 0.2) is 23.1 Å². The summed E-state index contributed by atoms with van der Waals surface area (Å²) in [4.78, 5) is 11.7. The zero-order valence-electron chi connectivity index (χ0n) is 11.1. The molecule has 0 saturated carbocycles. The summed E-state index contributed by atoms with van der Waals surface area (Å²) in [6.07, 6.45) is 1.05. The number of sulfone groups is 1. The molecule has 1 unspecified atom stereocenters. The van der Waals surface area contributed by atoms with Crippen LogP contribution in [-0.4, -0.2) is 40.8 Å². The minimum Gasteiger partial charge on any atom is -0.349 e. The summed E-state index contributed by atoms with van der Waals surface area (Å²) in [6.45, 7) is 1.52. The van der Waals surface area contributed by atoms with Gasteiger partial charge in [0.25, 0.3) is 15.0 Å². The number of nitrogens with one attached hydrogen (secondary N) is 1. The van der Waals surface area contributed by atoms with Crippen molar-refractivity contribution in [2.75, 3.05) is 12.0 Å². The first-order chi connectivity index (χ1) is 9.38. The van der Waals surface area contributed by atoms with E-state index in [0.29, 0.717) is 0 Å². The van der Waals surface area contributed by atoms with E-state index in [1.165, 1.54) is 13.0 Å². The molecule has 1 rings (SSSR count). The van der Waals surface area contributed by atoms with Gasteiger partial charge in [0.15, 0.2) is 0 Å². The van der Waals surface area contributed by atoms with Crippen molar-refractivity contribution in [1.29, 1.82) is 0 Å². The van der Waals surface area contributed by atoms with Crippen molar-refractivity contribution in [1.82, 2.24) is 5.32 Å². The van der Waals surface area contributed by atoms with E-state index in [-0.39, 0.29) is 21.2 Å². The standard InChI is InChI=1S/C11H13Cl2NO5S2/c1-7(6-20(2,16)17)14-11(15)8-3-9(12)5-10(4-8)21(13,18)19/h3-5,7H,6H2,1-2H3,(H,14,15). The number of rotatable bonds is 5. The van der Waals surface area contributed by atoms with Gasteiger partial charge in [-0.05, 0) is 25.1 Å². The summed E-state index contributed by atoms with van der Waals surface area (Å²) in [5, 5.41) is 2.47. The molecule has 6 nitrogen and oxygen atoms in total. The van der Waals surface area contributed by atoms with Gasteiger partial charge in [0.1, 0.15) is 9.84 Å². The Bertz CT molecular complexity index is 759. The molecule has 0 saturated heterocycles. The van der Waals surface area contributed by atoms with Crippen molar-refractivity contribution in [2.45, 2.75) is 17.9 Å². The molecule has 0 aliphatic heterocycles. The monoisotopic (exact) mass is 373 g/mol. The molecule has 0 aliphatic rings. The van der Waals surface area contributed by atoms with Gasteiger partial charge >= 0.3 is 0 Å². The molecular weight excluding hydrogens is 361 g/mol. The maximum atomic E-state index is 12.0. The fourth-order valence-corrected chi connectivity index (χ4v) is 3.73. The van der Waals surface area contributed by atoms with Crippen LogP contribution in [-0.2, 0) is 18.9 Å². The summed E-state index contributed by atoms with van der Waals surface area (Å²) < 4.78 is 44.8. The molecule has 1 aromatic carbocycles. The van der Waals surface area contributed by atoms with Crippen LogP contribution in [0.25, 0.3) is 0 Å². The lowest BCUT2D eigenvalue weighted by Crippen LogP contribution is -2.37. The number of benzene rings is 1. The fourth-order valence-electron chi connectivity index (χ4n) is 1.64. The minimum atomic E-state index is -4.03. The second kappa shape index (κ2) is 6.51. The third kappa shape index (κ3) is 6.21. The predicted octanol–water partition coefficient (Wildman–Crippen LogP) is 1.43. The molecule has 0 spiro atoms. The van der Waals surface area contributed by atoms with Crippen LogP contribution >= 0.6 is 22.3 Å². The number of carbonyl (C=O) groups excluding carboxylic acids is 1. The molecule has 0 heterocycles. The highest BCUT2D eigenvalue weighted by Crippen LogP contribution is 2.22. The van der Waals surface area contributed by atoms with Crippen LogP contribution in [0.4, 0.5) is 0 Å². The second-order valence-electron chi connectivity index (χ2n) is 4.58. The smallest absolute Gasteiger partial charge is 0.261 e. The molecule has 21 heavy (non-hydrogen) atoms. The predicted molar refractivity (Wildman–Crippen MR) is 81.1 cm³/mol. The summed E-state index contributed by atoms with van der Waals surface area (Å²) in [6, 6.07) is 2.80. The first-order valence-corrected chi connectivity index (χ1v) is 10.4. The Morgan fingerprint density at radius 2 is 1.81 bits per heavy atom. The number of hydrogen-bond donors (Lipinski definition) is 1. The molecule has 0 bridgehead atoms. The Labute approximate surface area is 132 Å². The molecule has 1 aromatic rings. The Morgan fingerprint density at radius 3 is 2.29 bits per heavy atom. The van der Waals surface area contributed by atoms with E-state index in [2.05, 4.69) is 5.32 Å². The first-order valence-electron chi connectivity index (χ1n) is 5.62. The summed E-state index contributed by atoms with van der Waals surface area (Å²) in [7, 11) is -2.07. The zero-order valence-corrected chi connectivity index (χ0v) is 14.3. The van der Waals surface area contributed by atoms with Crippen LogP contribution < -0.4 is 5.32 Å². The molecular formula is C11H13Cl2NO5S2. The Morgan fingerprint density at radius 1 is 1.24 bits per heavy atom. The van der Waals surface area contributed by atoms with Crippen molar-refractivity contribution in [3.8, 4) is 0 Å². The van der Waals surface area contributed by atoms with Gasteiger partial charge in [0, 0.05) is 33.6 Å². The van der Waals surface area contributed by atoms with Crippen LogP contribution in [0.1, 0.15) is 17.3 Å². The largest absolute Gasteiger partial charge is 0.349 e. The molecule has 0 radical (unpaired) electrons. The van der Waals surface area contributed by atoms with E-state index in [1.54, 1.807) is 0 Å². The van der Waals surface area contributed by atoms with Crippen molar-refractivity contribution < 1.29 is 21.6 Å².